The molecule has 3 rings (SSSR count). The molecular formula is C17H21N3O4S. The van der Waals surface area contributed by atoms with Crippen molar-refractivity contribution >= 4 is 33.4 Å². The number of amides is 1. The van der Waals surface area contributed by atoms with Crippen LogP contribution in [-0.2, 0) is 22.5 Å². The topological polar surface area (TPSA) is 90.3 Å². The van der Waals surface area contributed by atoms with Crippen LogP contribution in [0, 0.1) is 6.92 Å². The first kappa shape index (κ1) is 17.6. The second-order valence-electron chi connectivity index (χ2n) is 6.16. The zero-order valence-corrected chi connectivity index (χ0v) is 15.4. The lowest BCUT2D eigenvalue weighted by Gasteiger charge is -2.12. The standard InChI is InChI=1S/C17H21N3O4S/c1-4-7-18-14(21)10(3)24-17(23)13-9(2)12-15(25-13)19-11-6-5-8-20(11)16(12)22/h10H,4-8H2,1-3H3,(H,18,21)/t10-/m1/s1. The highest BCUT2D eigenvalue weighted by atomic mass is 32.1. The maximum absolute atomic E-state index is 12.6. The zero-order chi connectivity index (χ0) is 18.1. The number of thiophene rings is 1. The summed E-state index contributed by atoms with van der Waals surface area (Å²) in [5, 5.41) is 3.17. The predicted octanol–water partition coefficient (Wildman–Crippen LogP) is 1.78. The first-order valence-corrected chi connectivity index (χ1v) is 9.27. The van der Waals surface area contributed by atoms with Crippen LogP contribution in [0.3, 0.4) is 0 Å². The van der Waals surface area contributed by atoms with Crippen molar-refractivity contribution < 1.29 is 14.3 Å². The largest absolute Gasteiger partial charge is 0.448 e. The first-order chi connectivity index (χ1) is 11.9. The molecule has 1 aliphatic heterocycles. The van der Waals surface area contributed by atoms with E-state index >= 15 is 0 Å². The van der Waals surface area contributed by atoms with Crippen LogP contribution in [0.5, 0.6) is 0 Å². The smallest absolute Gasteiger partial charge is 0.349 e. The molecule has 134 valence electrons. The summed E-state index contributed by atoms with van der Waals surface area (Å²) in [7, 11) is 0. The Morgan fingerprint density at radius 2 is 2.20 bits per heavy atom. The van der Waals surface area contributed by atoms with E-state index in [1.165, 1.54) is 6.92 Å². The molecule has 0 bridgehead atoms. The van der Waals surface area contributed by atoms with E-state index in [1.807, 2.05) is 6.92 Å². The minimum absolute atomic E-state index is 0.0981. The van der Waals surface area contributed by atoms with E-state index < -0.39 is 12.1 Å². The highest BCUT2D eigenvalue weighted by Crippen LogP contribution is 2.29. The summed E-state index contributed by atoms with van der Waals surface area (Å²) in [6, 6.07) is 0. The molecule has 0 unspecified atom stereocenters. The van der Waals surface area contributed by atoms with Crippen LogP contribution >= 0.6 is 11.3 Å². The SMILES string of the molecule is CCCNC(=O)[C@@H](C)OC(=O)c1sc2nc3n(c(=O)c2c1C)CCC3. The molecule has 0 fully saturated rings. The van der Waals surface area contributed by atoms with Crippen LogP contribution in [0.4, 0.5) is 0 Å². The predicted molar refractivity (Wildman–Crippen MR) is 95.1 cm³/mol. The van der Waals surface area contributed by atoms with E-state index in [1.54, 1.807) is 11.5 Å². The van der Waals surface area contributed by atoms with Gasteiger partial charge in [-0.05, 0) is 32.3 Å². The summed E-state index contributed by atoms with van der Waals surface area (Å²) in [6.07, 6.45) is 1.61. The summed E-state index contributed by atoms with van der Waals surface area (Å²) >= 11 is 1.15. The van der Waals surface area contributed by atoms with Crippen LogP contribution in [0.15, 0.2) is 4.79 Å². The van der Waals surface area contributed by atoms with E-state index in [2.05, 4.69) is 10.3 Å². The lowest BCUT2D eigenvalue weighted by Crippen LogP contribution is -2.36. The Morgan fingerprint density at radius 3 is 2.92 bits per heavy atom. The molecule has 1 N–H and O–H groups in total. The van der Waals surface area contributed by atoms with Gasteiger partial charge >= 0.3 is 5.97 Å². The van der Waals surface area contributed by atoms with E-state index in [-0.39, 0.29) is 11.5 Å². The number of carbonyl (C=O) groups excluding carboxylic acids is 2. The van der Waals surface area contributed by atoms with Crippen molar-refractivity contribution in [3.05, 3.63) is 26.6 Å². The Hall–Kier alpha value is -2.22. The fourth-order valence-corrected chi connectivity index (χ4v) is 4.00. The number of aromatic nitrogens is 2. The van der Waals surface area contributed by atoms with Crippen molar-refractivity contribution in [2.45, 2.75) is 52.7 Å². The third-order valence-electron chi connectivity index (χ3n) is 4.30. The van der Waals surface area contributed by atoms with Gasteiger partial charge in [-0.25, -0.2) is 9.78 Å². The van der Waals surface area contributed by atoms with Crippen molar-refractivity contribution in [2.24, 2.45) is 0 Å². The van der Waals surface area contributed by atoms with Gasteiger partial charge in [0.05, 0.1) is 5.39 Å². The summed E-state index contributed by atoms with van der Waals surface area (Å²) < 4.78 is 6.95. The fraction of sp³-hybridized carbons (Fsp3) is 0.529. The Morgan fingerprint density at radius 1 is 1.44 bits per heavy atom. The van der Waals surface area contributed by atoms with Gasteiger partial charge in [0.15, 0.2) is 6.10 Å². The second kappa shape index (κ2) is 6.95. The molecule has 8 heteroatoms. The molecule has 0 saturated carbocycles. The number of aryl methyl sites for hydroxylation is 2. The molecule has 3 heterocycles. The number of ether oxygens (including phenoxy) is 1. The van der Waals surface area contributed by atoms with Gasteiger partial charge in [0, 0.05) is 19.5 Å². The maximum atomic E-state index is 12.6. The normalized spacial score (nSPS) is 14.4. The highest BCUT2D eigenvalue weighted by molar-refractivity contribution is 7.20. The Labute approximate surface area is 149 Å². The molecule has 0 aromatic carbocycles. The van der Waals surface area contributed by atoms with Crippen molar-refractivity contribution in [2.75, 3.05) is 6.54 Å². The molecule has 1 aliphatic rings. The lowest BCUT2D eigenvalue weighted by atomic mass is 10.2. The minimum Gasteiger partial charge on any atom is -0.448 e. The van der Waals surface area contributed by atoms with E-state index in [0.29, 0.717) is 33.7 Å². The zero-order valence-electron chi connectivity index (χ0n) is 14.5. The minimum atomic E-state index is -0.886. The third kappa shape index (κ3) is 3.18. The summed E-state index contributed by atoms with van der Waals surface area (Å²) in [6.45, 7) is 6.41. The molecule has 25 heavy (non-hydrogen) atoms. The van der Waals surface area contributed by atoms with Gasteiger partial charge < -0.3 is 10.1 Å². The molecule has 0 spiro atoms. The van der Waals surface area contributed by atoms with Gasteiger partial charge in [-0.15, -0.1) is 11.3 Å². The van der Waals surface area contributed by atoms with Gasteiger partial charge in [-0.1, -0.05) is 6.92 Å². The van der Waals surface area contributed by atoms with E-state index in [4.69, 9.17) is 4.74 Å². The summed E-state index contributed by atoms with van der Waals surface area (Å²) in [4.78, 5) is 42.4. The van der Waals surface area contributed by atoms with Crippen LogP contribution in [-0.4, -0.2) is 34.1 Å². The molecule has 2 aromatic rings. The monoisotopic (exact) mass is 363 g/mol. The molecular weight excluding hydrogens is 342 g/mol. The van der Waals surface area contributed by atoms with Gasteiger partial charge in [-0.3, -0.25) is 14.2 Å². The van der Waals surface area contributed by atoms with Crippen LogP contribution in [0.1, 0.15) is 47.7 Å². The first-order valence-electron chi connectivity index (χ1n) is 8.45. The number of nitrogens with one attached hydrogen (secondary N) is 1. The van der Waals surface area contributed by atoms with Crippen molar-refractivity contribution in [3.63, 3.8) is 0 Å². The number of nitrogens with zero attached hydrogens (tertiary/aromatic N) is 2. The highest BCUT2D eigenvalue weighted by Gasteiger charge is 2.26. The summed E-state index contributed by atoms with van der Waals surface area (Å²) in [5.41, 5.74) is 0.477. The number of fused-ring (bicyclic) bond motifs is 2. The summed E-state index contributed by atoms with van der Waals surface area (Å²) in [5.74, 6) is -0.152. The maximum Gasteiger partial charge on any atom is 0.349 e. The average molecular weight is 363 g/mol. The fourth-order valence-electron chi connectivity index (χ4n) is 2.93. The van der Waals surface area contributed by atoms with Gasteiger partial charge in [0.2, 0.25) is 0 Å². The van der Waals surface area contributed by atoms with Gasteiger partial charge in [0.1, 0.15) is 15.5 Å². The van der Waals surface area contributed by atoms with Gasteiger partial charge in [0.25, 0.3) is 11.5 Å². The van der Waals surface area contributed by atoms with Crippen molar-refractivity contribution in [1.82, 2.24) is 14.9 Å². The number of esters is 1. The molecule has 7 nitrogen and oxygen atoms in total. The second-order valence-corrected chi connectivity index (χ2v) is 7.16. The Bertz CT molecular complexity index is 899. The van der Waals surface area contributed by atoms with Crippen LogP contribution in [0.2, 0.25) is 0 Å². The number of rotatable bonds is 5. The number of hydrogen-bond donors (Lipinski definition) is 1. The van der Waals surface area contributed by atoms with E-state index in [0.717, 1.165) is 36.4 Å². The molecule has 2 aromatic heterocycles. The van der Waals surface area contributed by atoms with Crippen LogP contribution < -0.4 is 10.9 Å². The molecule has 0 aliphatic carbocycles. The van der Waals surface area contributed by atoms with Gasteiger partial charge in [-0.2, -0.15) is 0 Å². The molecule has 1 amide bonds. The Kier molecular flexibility index (Phi) is 4.89. The molecule has 0 radical (unpaired) electrons. The molecule has 1 atom stereocenters. The van der Waals surface area contributed by atoms with Crippen LogP contribution in [0.25, 0.3) is 10.2 Å². The molecule has 0 saturated heterocycles. The van der Waals surface area contributed by atoms with Crippen molar-refractivity contribution in [3.8, 4) is 0 Å². The quantitative estimate of drug-likeness (QED) is 0.818. The average Bonchev–Trinajstić information content (AvgIpc) is 3.17. The Balaban J connectivity index is 1.88. The van der Waals surface area contributed by atoms with Crippen molar-refractivity contribution in [1.29, 1.82) is 0 Å². The number of hydrogen-bond acceptors (Lipinski definition) is 6. The number of carbonyl (C=O) groups is 2. The third-order valence-corrected chi connectivity index (χ3v) is 5.46. The lowest BCUT2D eigenvalue weighted by molar-refractivity contribution is -0.129. The van der Waals surface area contributed by atoms with E-state index in [9.17, 15) is 14.4 Å².